The molecular formula is C21H19N3O6. The summed E-state index contributed by atoms with van der Waals surface area (Å²) in [6, 6.07) is 10.4. The molecule has 1 spiro atoms. The van der Waals surface area contributed by atoms with E-state index in [-0.39, 0.29) is 48.4 Å². The van der Waals surface area contributed by atoms with Crippen molar-refractivity contribution in [2.45, 2.75) is 18.9 Å². The van der Waals surface area contributed by atoms with Crippen LogP contribution in [-0.2, 0) is 21.6 Å². The van der Waals surface area contributed by atoms with Crippen LogP contribution in [0.5, 0.6) is 5.75 Å². The number of hydrogen-bond donors (Lipinski definition) is 2. The highest BCUT2D eigenvalue weighted by atomic mass is 16.5. The second-order valence-corrected chi connectivity index (χ2v) is 6.93. The lowest BCUT2D eigenvalue weighted by atomic mass is 9.72. The molecule has 1 atom stereocenters. The van der Waals surface area contributed by atoms with Crippen LogP contribution in [0.4, 0.5) is 5.69 Å². The fourth-order valence-corrected chi connectivity index (χ4v) is 4.10. The molecule has 1 aromatic heterocycles. The van der Waals surface area contributed by atoms with E-state index in [1.807, 2.05) is 0 Å². The molecule has 1 unspecified atom stereocenters. The molecule has 0 amide bonds. The molecule has 0 bridgehead atoms. The number of aliphatic hydroxyl groups is 1. The van der Waals surface area contributed by atoms with Crippen molar-refractivity contribution in [2.24, 2.45) is 5.73 Å². The number of benzene rings is 1. The standard InChI is InChI=1S/C21H19N3O6/c1-2-28-17(27)9-24-11-21(13-5-3-4-6-15(13)24)14(8-22)20(23)30-18-16(26)7-12(10-25)29-19(18)21/h3-7,25H,2,9-11,23H2,1H3. The average Bonchev–Trinajstić information content (AvgIpc) is 3.04. The maximum absolute atomic E-state index is 12.6. The third-order valence-corrected chi connectivity index (χ3v) is 5.25. The number of aliphatic hydroxyl groups excluding tert-OH is 1. The second-order valence-electron chi connectivity index (χ2n) is 6.93. The molecule has 2 aliphatic heterocycles. The number of hydrogen-bond acceptors (Lipinski definition) is 9. The molecule has 4 rings (SSSR count). The summed E-state index contributed by atoms with van der Waals surface area (Å²) in [7, 11) is 0. The lowest BCUT2D eigenvalue weighted by molar-refractivity contribution is -0.141. The zero-order valence-electron chi connectivity index (χ0n) is 16.2. The Bertz CT molecular complexity index is 1160. The summed E-state index contributed by atoms with van der Waals surface area (Å²) >= 11 is 0. The van der Waals surface area contributed by atoms with Gasteiger partial charge in [0, 0.05) is 18.3 Å². The van der Waals surface area contributed by atoms with Crippen LogP contribution in [0.15, 0.2) is 51.0 Å². The van der Waals surface area contributed by atoms with Crippen molar-refractivity contribution in [3.8, 4) is 11.8 Å². The van der Waals surface area contributed by atoms with E-state index in [0.717, 1.165) is 6.07 Å². The van der Waals surface area contributed by atoms with Crippen LogP contribution in [0.3, 0.4) is 0 Å². The first-order chi connectivity index (χ1) is 14.5. The fourth-order valence-electron chi connectivity index (χ4n) is 4.10. The van der Waals surface area contributed by atoms with Gasteiger partial charge in [-0.2, -0.15) is 5.26 Å². The topological polar surface area (TPSA) is 139 Å². The zero-order chi connectivity index (χ0) is 21.5. The van der Waals surface area contributed by atoms with Gasteiger partial charge in [-0.05, 0) is 18.6 Å². The predicted octanol–water partition coefficient (Wildman–Crippen LogP) is 0.888. The first-order valence-corrected chi connectivity index (χ1v) is 9.32. The summed E-state index contributed by atoms with van der Waals surface area (Å²) in [6.45, 7) is 1.48. The Hall–Kier alpha value is -3.77. The number of ether oxygens (including phenoxy) is 2. The monoisotopic (exact) mass is 409 g/mol. The van der Waals surface area contributed by atoms with E-state index in [4.69, 9.17) is 19.6 Å². The van der Waals surface area contributed by atoms with E-state index in [2.05, 4.69) is 6.07 Å². The average molecular weight is 409 g/mol. The maximum atomic E-state index is 12.6. The van der Waals surface area contributed by atoms with Gasteiger partial charge in [-0.1, -0.05) is 18.2 Å². The Kier molecular flexibility index (Phi) is 4.72. The van der Waals surface area contributed by atoms with Crippen LogP contribution in [0, 0.1) is 11.3 Å². The molecule has 2 aliphatic rings. The number of carbonyl (C=O) groups is 1. The van der Waals surface area contributed by atoms with Gasteiger partial charge in [0.15, 0.2) is 5.76 Å². The number of anilines is 1. The number of nitriles is 1. The maximum Gasteiger partial charge on any atom is 0.325 e. The van der Waals surface area contributed by atoms with Gasteiger partial charge in [0.2, 0.25) is 17.1 Å². The van der Waals surface area contributed by atoms with Crippen molar-refractivity contribution in [3.63, 3.8) is 0 Å². The fraction of sp³-hybridized carbons (Fsp3) is 0.286. The van der Waals surface area contributed by atoms with E-state index >= 15 is 0 Å². The highest BCUT2D eigenvalue weighted by molar-refractivity contribution is 5.80. The van der Waals surface area contributed by atoms with Gasteiger partial charge in [0.1, 0.15) is 36.0 Å². The minimum Gasteiger partial charge on any atom is -0.465 e. The van der Waals surface area contributed by atoms with Gasteiger partial charge in [-0.3, -0.25) is 9.59 Å². The Labute approximate surface area is 171 Å². The molecule has 0 radical (unpaired) electrons. The SMILES string of the molecule is CCOC(=O)CN1CC2(C(C#N)=C(N)Oc3c2oc(CO)cc3=O)c2ccccc21. The van der Waals surface area contributed by atoms with Gasteiger partial charge >= 0.3 is 5.97 Å². The van der Waals surface area contributed by atoms with Crippen molar-refractivity contribution < 1.29 is 23.8 Å². The van der Waals surface area contributed by atoms with Gasteiger partial charge in [-0.15, -0.1) is 0 Å². The van der Waals surface area contributed by atoms with Crippen molar-refractivity contribution >= 4 is 11.7 Å². The molecule has 0 saturated carbocycles. The summed E-state index contributed by atoms with van der Waals surface area (Å²) in [5.74, 6) is -0.680. The third kappa shape index (κ3) is 2.73. The summed E-state index contributed by atoms with van der Waals surface area (Å²) in [5.41, 5.74) is 5.61. The van der Waals surface area contributed by atoms with Gasteiger partial charge in [-0.25, -0.2) is 0 Å². The first kappa shape index (κ1) is 19.5. The number of rotatable bonds is 4. The number of fused-ring (bicyclic) bond motifs is 4. The lowest BCUT2D eigenvalue weighted by Crippen LogP contribution is -2.43. The number of nitrogens with two attached hydrogens (primary N) is 1. The summed E-state index contributed by atoms with van der Waals surface area (Å²) < 4.78 is 16.4. The van der Waals surface area contributed by atoms with Crippen LogP contribution in [0.2, 0.25) is 0 Å². The second kappa shape index (κ2) is 7.24. The molecule has 30 heavy (non-hydrogen) atoms. The van der Waals surface area contributed by atoms with Crippen LogP contribution in [0.25, 0.3) is 0 Å². The van der Waals surface area contributed by atoms with Gasteiger partial charge in [0.05, 0.1) is 6.61 Å². The highest BCUT2D eigenvalue weighted by Gasteiger charge is 2.55. The van der Waals surface area contributed by atoms with E-state index < -0.39 is 23.4 Å². The van der Waals surface area contributed by atoms with E-state index in [1.54, 1.807) is 36.1 Å². The van der Waals surface area contributed by atoms with E-state index in [1.165, 1.54) is 0 Å². The van der Waals surface area contributed by atoms with Gasteiger partial charge in [0.25, 0.3) is 0 Å². The number of esters is 1. The molecule has 1 aromatic carbocycles. The van der Waals surface area contributed by atoms with Crippen LogP contribution in [-0.4, -0.2) is 30.8 Å². The molecule has 3 heterocycles. The quantitative estimate of drug-likeness (QED) is 0.705. The van der Waals surface area contributed by atoms with E-state index in [9.17, 15) is 20.0 Å². The molecule has 9 heteroatoms. The van der Waals surface area contributed by atoms with Crippen molar-refractivity contribution in [1.29, 1.82) is 5.26 Å². The molecule has 2 aromatic rings. The minimum atomic E-state index is -1.28. The number of carbonyl (C=O) groups excluding carboxylic acids is 1. The van der Waals surface area contributed by atoms with E-state index in [0.29, 0.717) is 11.3 Å². The molecule has 9 nitrogen and oxygen atoms in total. The van der Waals surface area contributed by atoms with Crippen LogP contribution in [0.1, 0.15) is 24.0 Å². The largest absolute Gasteiger partial charge is 0.465 e. The lowest BCUT2D eigenvalue weighted by Gasteiger charge is -2.34. The Morgan fingerprint density at radius 2 is 2.20 bits per heavy atom. The molecule has 154 valence electrons. The van der Waals surface area contributed by atoms with Gasteiger partial charge < -0.3 is 29.6 Å². The normalized spacial score (nSPS) is 19.2. The predicted molar refractivity (Wildman–Crippen MR) is 104 cm³/mol. The summed E-state index contributed by atoms with van der Waals surface area (Å²) in [4.78, 5) is 26.6. The first-order valence-electron chi connectivity index (χ1n) is 9.32. The molecule has 3 N–H and O–H groups in total. The Morgan fingerprint density at radius 3 is 2.90 bits per heavy atom. The third-order valence-electron chi connectivity index (χ3n) is 5.25. The molecule has 0 aliphatic carbocycles. The summed E-state index contributed by atoms with van der Waals surface area (Å²) in [5, 5.41) is 19.5. The molecule has 0 fully saturated rings. The zero-order valence-corrected chi connectivity index (χ0v) is 16.2. The summed E-state index contributed by atoms with van der Waals surface area (Å²) in [6.07, 6.45) is 0. The van der Waals surface area contributed by atoms with Crippen LogP contribution >= 0.6 is 0 Å². The molecular weight excluding hydrogens is 390 g/mol. The smallest absolute Gasteiger partial charge is 0.325 e. The van der Waals surface area contributed by atoms with Crippen molar-refractivity contribution in [1.82, 2.24) is 0 Å². The molecule has 0 saturated heterocycles. The van der Waals surface area contributed by atoms with Crippen molar-refractivity contribution in [3.05, 3.63) is 69.1 Å². The Balaban J connectivity index is 1.99. The number of nitrogens with zero attached hydrogens (tertiary/aromatic N) is 2. The number of para-hydroxylation sites is 1. The minimum absolute atomic E-state index is 0.0285. The van der Waals surface area contributed by atoms with Crippen LogP contribution < -0.4 is 20.8 Å². The highest BCUT2D eigenvalue weighted by Crippen LogP contribution is 2.53. The Morgan fingerprint density at radius 1 is 1.43 bits per heavy atom. The van der Waals surface area contributed by atoms with Crippen molar-refractivity contribution in [2.75, 3.05) is 24.6 Å².